The van der Waals surface area contributed by atoms with Gasteiger partial charge in [-0.05, 0) is 0 Å². The van der Waals surface area contributed by atoms with Crippen molar-refractivity contribution in [2.75, 3.05) is 7.11 Å². The molecule has 1 aromatic rings. The van der Waals surface area contributed by atoms with Crippen molar-refractivity contribution in [3.8, 4) is 5.75 Å². The number of ether oxygens (including phenoxy) is 1. The third-order valence-corrected chi connectivity index (χ3v) is 1.75. The first kappa shape index (κ1) is 11.4. The summed E-state index contributed by atoms with van der Waals surface area (Å²) < 4.78 is 29.3. The van der Waals surface area contributed by atoms with Crippen molar-refractivity contribution in [2.24, 2.45) is 0 Å². The van der Waals surface area contributed by atoms with Crippen LogP contribution in [0.1, 0.15) is 17.7 Å². The van der Waals surface area contributed by atoms with Gasteiger partial charge in [0, 0.05) is 17.8 Å². The quantitative estimate of drug-likeness (QED) is 0.833. The van der Waals surface area contributed by atoms with Crippen molar-refractivity contribution < 1.29 is 23.4 Å². The van der Waals surface area contributed by atoms with Crippen LogP contribution in [0.25, 0.3) is 0 Å². The van der Waals surface area contributed by atoms with Crippen LogP contribution in [0, 0.1) is 0 Å². The minimum atomic E-state index is -2.70. The largest absolute Gasteiger partial charge is 0.496 e. The van der Waals surface area contributed by atoms with Crippen LogP contribution in [0.4, 0.5) is 8.78 Å². The number of aliphatic carboxylic acids is 1. The zero-order valence-electron chi connectivity index (χ0n) is 7.91. The van der Waals surface area contributed by atoms with E-state index in [9.17, 15) is 13.6 Å². The molecule has 6 heteroatoms. The molecular formula is C9H9F2NO3. The molecule has 0 radical (unpaired) electrons. The number of nitrogens with zero attached hydrogens (tertiary/aromatic N) is 1. The predicted molar refractivity (Wildman–Crippen MR) is 47.1 cm³/mol. The number of rotatable bonds is 4. The molecule has 0 spiro atoms. The van der Waals surface area contributed by atoms with Crippen molar-refractivity contribution in [3.05, 3.63) is 23.5 Å². The van der Waals surface area contributed by atoms with E-state index < -0.39 is 18.1 Å². The number of hydrogen-bond donors (Lipinski definition) is 1. The van der Waals surface area contributed by atoms with Gasteiger partial charge in [0.1, 0.15) is 11.4 Å². The molecule has 0 atom stereocenters. The van der Waals surface area contributed by atoms with E-state index in [1.165, 1.54) is 7.11 Å². The van der Waals surface area contributed by atoms with E-state index in [0.717, 1.165) is 12.3 Å². The molecule has 4 nitrogen and oxygen atoms in total. The molecule has 0 aliphatic rings. The predicted octanol–water partition coefficient (Wildman–Crippen LogP) is 1.65. The Balaban J connectivity index is 3.03. The lowest BCUT2D eigenvalue weighted by Crippen LogP contribution is -2.04. The fourth-order valence-corrected chi connectivity index (χ4v) is 1.09. The topological polar surface area (TPSA) is 59.4 Å². The third-order valence-electron chi connectivity index (χ3n) is 1.75. The lowest BCUT2D eigenvalue weighted by atomic mass is 10.1. The van der Waals surface area contributed by atoms with Crippen LogP contribution in [0.15, 0.2) is 12.3 Å². The first-order valence-electron chi connectivity index (χ1n) is 4.07. The van der Waals surface area contributed by atoms with Gasteiger partial charge in [-0.3, -0.25) is 9.78 Å². The molecule has 1 rings (SSSR count). The number of pyridine rings is 1. The maximum Gasteiger partial charge on any atom is 0.308 e. The summed E-state index contributed by atoms with van der Waals surface area (Å²) in [6, 6.07) is 1.04. The number of alkyl halides is 2. The summed E-state index contributed by atoms with van der Waals surface area (Å²) in [4.78, 5) is 13.9. The van der Waals surface area contributed by atoms with Crippen molar-refractivity contribution >= 4 is 5.97 Å². The summed E-state index contributed by atoms with van der Waals surface area (Å²) in [6.45, 7) is 0. The summed E-state index contributed by atoms with van der Waals surface area (Å²) in [6.07, 6.45) is -1.91. The molecule has 0 amide bonds. The second-order valence-corrected chi connectivity index (χ2v) is 2.79. The van der Waals surface area contributed by atoms with Crippen LogP contribution in [-0.4, -0.2) is 23.2 Å². The standard InChI is InChI=1S/C9H9F2NO3/c1-15-7-3-6(9(10)11)12-4-5(7)2-8(13)14/h3-4,9H,2H2,1H3,(H,13,14). The second kappa shape index (κ2) is 4.68. The van der Waals surface area contributed by atoms with Crippen LogP contribution in [-0.2, 0) is 11.2 Å². The van der Waals surface area contributed by atoms with Crippen molar-refractivity contribution in [1.82, 2.24) is 4.98 Å². The molecule has 0 saturated heterocycles. The minimum absolute atomic E-state index is 0.114. The normalized spacial score (nSPS) is 10.4. The average Bonchev–Trinajstić information content (AvgIpc) is 2.17. The fourth-order valence-electron chi connectivity index (χ4n) is 1.09. The molecule has 1 aromatic heterocycles. The maximum absolute atomic E-state index is 12.2. The highest BCUT2D eigenvalue weighted by atomic mass is 19.3. The minimum Gasteiger partial charge on any atom is -0.496 e. The Morgan fingerprint density at radius 1 is 1.67 bits per heavy atom. The van der Waals surface area contributed by atoms with Gasteiger partial charge >= 0.3 is 5.97 Å². The molecule has 0 fully saturated rings. The average molecular weight is 217 g/mol. The van der Waals surface area contributed by atoms with E-state index >= 15 is 0 Å². The van der Waals surface area contributed by atoms with Gasteiger partial charge in [-0.1, -0.05) is 0 Å². The Labute approximate surface area is 84.5 Å². The van der Waals surface area contributed by atoms with Gasteiger partial charge < -0.3 is 9.84 Å². The van der Waals surface area contributed by atoms with Crippen LogP contribution >= 0.6 is 0 Å². The summed E-state index contributed by atoms with van der Waals surface area (Å²) in [5, 5.41) is 8.53. The highest BCUT2D eigenvalue weighted by molar-refractivity contribution is 5.71. The van der Waals surface area contributed by atoms with Crippen LogP contribution in [0.5, 0.6) is 5.75 Å². The van der Waals surface area contributed by atoms with Gasteiger partial charge in [-0.25, -0.2) is 8.78 Å². The Kier molecular flexibility index (Phi) is 3.54. The first-order chi connectivity index (χ1) is 7.04. The monoisotopic (exact) mass is 217 g/mol. The summed E-state index contributed by atoms with van der Waals surface area (Å²) in [5.74, 6) is -0.956. The van der Waals surface area contributed by atoms with E-state index in [2.05, 4.69) is 4.98 Å². The number of carboxylic acids is 1. The lowest BCUT2D eigenvalue weighted by molar-refractivity contribution is -0.136. The van der Waals surface area contributed by atoms with Gasteiger partial charge in [0.2, 0.25) is 0 Å². The van der Waals surface area contributed by atoms with Gasteiger partial charge in [-0.15, -0.1) is 0 Å². The summed E-state index contributed by atoms with van der Waals surface area (Å²) in [7, 11) is 1.29. The number of carbonyl (C=O) groups is 1. The molecule has 0 saturated carbocycles. The number of halogens is 2. The van der Waals surface area contributed by atoms with E-state index in [4.69, 9.17) is 9.84 Å². The zero-order valence-corrected chi connectivity index (χ0v) is 7.91. The lowest BCUT2D eigenvalue weighted by Gasteiger charge is -2.07. The Bertz CT molecular complexity index is 368. The zero-order chi connectivity index (χ0) is 11.4. The smallest absolute Gasteiger partial charge is 0.308 e. The highest BCUT2D eigenvalue weighted by Gasteiger charge is 2.14. The Morgan fingerprint density at radius 2 is 2.33 bits per heavy atom. The van der Waals surface area contributed by atoms with E-state index in [0.29, 0.717) is 0 Å². The molecule has 1 heterocycles. The van der Waals surface area contributed by atoms with Crippen molar-refractivity contribution in [1.29, 1.82) is 0 Å². The van der Waals surface area contributed by atoms with Gasteiger partial charge in [-0.2, -0.15) is 0 Å². The van der Waals surface area contributed by atoms with E-state index in [1.807, 2.05) is 0 Å². The maximum atomic E-state index is 12.2. The number of carboxylic acid groups (broad SMARTS) is 1. The summed E-state index contributed by atoms with van der Waals surface area (Å²) >= 11 is 0. The van der Waals surface area contributed by atoms with Crippen LogP contribution in [0.2, 0.25) is 0 Å². The van der Waals surface area contributed by atoms with Gasteiger partial charge in [0.25, 0.3) is 6.43 Å². The first-order valence-corrected chi connectivity index (χ1v) is 4.07. The number of methoxy groups -OCH3 is 1. The van der Waals surface area contributed by atoms with E-state index in [1.54, 1.807) is 0 Å². The molecule has 0 aliphatic carbocycles. The molecule has 0 aromatic carbocycles. The van der Waals surface area contributed by atoms with Gasteiger partial charge in [0.05, 0.1) is 13.5 Å². The van der Waals surface area contributed by atoms with Crippen molar-refractivity contribution in [2.45, 2.75) is 12.8 Å². The molecule has 0 aliphatic heterocycles. The van der Waals surface area contributed by atoms with E-state index in [-0.39, 0.29) is 17.7 Å². The number of hydrogen-bond acceptors (Lipinski definition) is 3. The molecule has 0 unspecified atom stereocenters. The second-order valence-electron chi connectivity index (χ2n) is 2.79. The number of aromatic nitrogens is 1. The third kappa shape index (κ3) is 2.87. The Hall–Kier alpha value is -1.72. The Morgan fingerprint density at radius 3 is 2.80 bits per heavy atom. The molecular weight excluding hydrogens is 208 g/mol. The van der Waals surface area contributed by atoms with Gasteiger partial charge in [0.15, 0.2) is 0 Å². The molecule has 0 bridgehead atoms. The molecule has 15 heavy (non-hydrogen) atoms. The van der Waals surface area contributed by atoms with Crippen LogP contribution < -0.4 is 4.74 Å². The van der Waals surface area contributed by atoms with Crippen molar-refractivity contribution in [3.63, 3.8) is 0 Å². The fraction of sp³-hybridized carbons (Fsp3) is 0.333. The molecule has 82 valence electrons. The highest BCUT2D eigenvalue weighted by Crippen LogP contribution is 2.24. The van der Waals surface area contributed by atoms with Crippen LogP contribution in [0.3, 0.4) is 0 Å². The summed E-state index contributed by atoms with van der Waals surface area (Å²) in [5.41, 5.74) is -0.157. The molecule has 1 N–H and O–H groups in total. The SMILES string of the molecule is COc1cc(C(F)F)ncc1CC(=O)O.